The summed E-state index contributed by atoms with van der Waals surface area (Å²) >= 11 is 0. The molecule has 0 heterocycles. The zero-order chi connectivity index (χ0) is 40.2. The molecule has 2 atom stereocenters. The van der Waals surface area contributed by atoms with Crippen LogP contribution in [0.25, 0.3) is 0 Å². The van der Waals surface area contributed by atoms with Crippen molar-refractivity contribution < 1.29 is 32.8 Å². The Hall–Kier alpha value is -0.500. The number of hydrogen-bond acceptors (Lipinski definition) is 7. The standard InChI is InChI=1S/C46H94NO7P/c1-3-5-7-9-11-13-15-17-18-19-20-21-22-23-24-25-26-27-28-30-32-34-36-38-41-51-43-45(44-53-55(49,50)52-42-40-47)54-46(48)39-37-35-33-31-29-16-14-12-10-8-6-4-2/h45H,3-44,47H2,1-2H3,(H,49,50). The highest BCUT2D eigenvalue weighted by molar-refractivity contribution is 7.47. The first kappa shape index (κ1) is 54.5. The summed E-state index contributed by atoms with van der Waals surface area (Å²) in [7, 11) is -4.27. The molecule has 330 valence electrons. The molecule has 0 rings (SSSR count). The number of carbonyl (C=O) groups excluding carboxylic acids is 1. The number of unbranched alkanes of at least 4 members (excludes halogenated alkanes) is 34. The minimum atomic E-state index is -4.27. The van der Waals surface area contributed by atoms with E-state index >= 15 is 0 Å². The van der Waals surface area contributed by atoms with E-state index in [9.17, 15) is 14.3 Å². The monoisotopic (exact) mass is 804 g/mol. The number of ether oxygens (including phenoxy) is 2. The van der Waals surface area contributed by atoms with Crippen LogP contribution in [0.15, 0.2) is 0 Å². The summed E-state index contributed by atoms with van der Waals surface area (Å²) in [5.74, 6) is -0.324. The van der Waals surface area contributed by atoms with Crippen LogP contribution in [-0.2, 0) is 27.9 Å². The van der Waals surface area contributed by atoms with Gasteiger partial charge in [-0.15, -0.1) is 0 Å². The lowest BCUT2D eigenvalue weighted by Crippen LogP contribution is -2.28. The zero-order valence-electron chi connectivity index (χ0n) is 36.7. The van der Waals surface area contributed by atoms with Gasteiger partial charge in [0.1, 0.15) is 6.10 Å². The average Bonchev–Trinajstić information content (AvgIpc) is 3.17. The van der Waals surface area contributed by atoms with Crippen molar-refractivity contribution in [1.82, 2.24) is 0 Å². The van der Waals surface area contributed by atoms with Crippen molar-refractivity contribution >= 4 is 13.8 Å². The van der Waals surface area contributed by atoms with Gasteiger partial charge in [0, 0.05) is 19.6 Å². The third kappa shape index (κ3) is 44.4. The number of nitrogens with two attached hydrogens (primary N) is 1. The van der Waals surface area contributed by atoms with Gasteiger partial charge in [-0.05, 0) is 12.8 Å². The Morgan fingerprint density at radius 3 is 1.15 bits per heavy atom. The largest absolute Gasteiger partial charge is 0.472 e. The molecule has 0 aromatic heterocycles. The van der Waals surface area contributed by atoms with Gasteiger partial charge in [0.25, 0.3) is 0 Å². The topological polar surface area (TPSA) is 117 Å². The Balaban J connectivity index is 3.83. The predicted octanol–water partition coefficient (Wildman–Crippen LogP) is 14.5. The fourth-order valence-corrected chi connectivity index (χ4v) is 8.00. The summed E-state index contributed by atoms with van der Waals surface area (Å²) in [4.78, 5) is 22.5. The molecule has 2 unspecified atom stereocenters. The lowest BCUT2D eigenvalue weighted by Gasteiger charge is -2.20. The van der Waals surface area contributed by atoms with Crippen LogP contribution in [0.3, 0.4) is 0 Å². The fourth-order valence-electron chi connectivity index (χ4n) is 7.24. The van der Waals surface area contributed by atoms with Crippen LogP contribution in [-0.4, -0.2) is 49.9 Å². The van der Waals surface area contributed by atoms with Crippen molar-refractivity contribution in [3.63, 3.8) is 0 Å². The zero-order valence-corrected chi connectivity index (χ0v) is 37.6. The number of phosphoric ester groups is 1. The van der Waals surface area contributed by atoms with E-state index in [4.69, 9.17) is 24.3 Å². The molecule has 0 aliphatic rings. The lowest BCUT2D eigenvalue weighted by atomic mass is 10.0. The van der Waals surface area contributed by atoms with Crippen LogP contribution in [0.4, 0.5) is 0 Å². The quantitative estimate of drug-likeness (QED) is 0.0355. The van der Waals surface area contributed by atoms with E-state index in [0.717, 1.165) is 32.1 Å². The van der Waals surface area contributed by atoms with Crippen molar-refractivity contribution in [2.24, 2.45) is 5.73 Å². The Labute approximate surface area is 341 Å². The molecular weight excluding hydrogens is 709 g/mol. The van der Waals surface area contributed by atoms with Gasteiger partial charge in [-0.3, -0.25) is 13.8 Å². The van der Waals surface area contributed by atoms with Gasteiger partial charge in [-0.25, -0.2) is 4.57 Å². The maximum Gasteiger partial charge on any atom is 0.472 e. The molecule has 0 aromatic rings. The summed E-state index contributed by atoms with van der Waals surface area (Å²) in [5, 5.41) is 0. The molecule has 0 aromatic carbocycles. The first-order valence-corrected chi connectivity index (χ1v) is 25.5. The Bertz CT molecular complexity index is 817. The molecule has 0 aliphatic heterocycles. The third-order valence-electron chi connectivity index (χ3n) is 10.8. The molecule has 0 aliphatic carbocycles. The van der Waals surface area contributed by atoms with Crippen molar-refractivity contribution in [1.29, 1.82) is 0 Å². The smallest absolute Gasteiger partial charge is 0.457 e. The van der Waals surface area contributed by atoms with Crippen LogP contribution in [0, 0.1) is 0 Å². The van der Waals surface area contributed by atoms with E-state index in [2.05, 4.69) is 13.8 Å². The van der Waals surface area contributed by atoms with Crippen LogP contribution >= 0.6 is 7.82 Å². The molecule has 0 fully saturated rings. The van der Waals surface area contributed by atoms with Gasteiger partial charge in [0.05, 0.1) is 19.8 Å². The van der Waals surface area contributed by atoms with Crippen molar-refractivity contribution in [2.45, 2.75) is 258 Å². The Morgan fingerprint density at radius 2 is 0.800 bits per heavy atom. The minimum absolute atomic E-state index is 0.0900. The number of carbonyl (C=O) groups is 1. The average molecular weight is 804 g/mol. The second kappa shape index (κ2) is 44.6. The summed E-state index contributed by atoms with van der Waals surface area (Å²) in [6, 6.07) is 0. The first-order valence-electron chi connectivity index (χ1n) is 24.0. The van der Waals surface area contributed by atoms with Gasteiger partial charge >= 0.3 is 13.8 Å². The number of esters is 1. The Morgan fingerprint density at radius 1 is 0.473 bits per heavy atom. The van der Waals surface area contributed by atoms with E-state index in [1.807, 2.05) is 0 Å². The highest BCUT2D eigenvalue weighted by atomic mass is 31.2. The minimum Gasteiger partial charge on any atom is -0.457 e. The summed E-state index contributed by atoms with van der Waals surface area (Å²) in [6.45, 7) is 4.99. The normalized spacial score (nSPS) is 13.3. The molecule has 3 N–H and O–H groups in total. The van der Waals surface area contributed by atoms with Crippen LogP contribution < -0.4 is 5.73 Å². The van der Waals surface area contributed by atoms with Gasteiger partial charge in [0.15, 0.2) is 0 Å². The molecule has 0 bridgehead atoms. The van der Waals surface area contributed by atoms with Crippen molar-refractivity contribution in [3.05, 3.63) is 0 Å². The number of phosphoric acid groups is 1. The van der Waals surface area contributed by atoms with Gasteiger partial charge < -0.3 is 20.1 Å². The summed E-state index contributed by atoms with van der Waals surface area (Å²) < 4.78 is 33.5. The molecule has 0 radical (unpaired) electrons. The van der Waals surface area contributed by atoms with E-state index in [0.29, 0.717) is 13.0 Å². The summed E-state index contributed by atoms with van der Waals surface area (Å²) in [5.41, 5.74) is 5.37. The van der Waals surface area contributed by atoms with Crippen molar-refractivity contribution in [3.8, 4) is 0 Å². The van der Waals surface area contributed by atoms with Crippen LogP contribution in [0.2, 0.25) is 0 Å². The highest BCUT2D eigenvalue weighted by Gasteiger charge is 2.25. The molecule has 8 nitrogen and oxygen atoms in total. The van der Waals surface area contributed by atoms with E-state index < -0.39 is 13.9 Å². The van der Waals surface area contributed by atoms with Gasteiger partial charge in [-0.1, -0.05) is 232 Å². The second-order valence-electron chi connectivity index (χ2n) is 16.3. The molecule has 0 saturated heterocycles. The number of rotatable bonds is 47. The molecule has 55 heavy (non-hydrogen) atoms. The van der Waals surface area contributed by atoms with E-state index in [1.165, 1.54) is 199 Å². The van der Waals surface area contributed by atoms with Gasteiger partial charge in [0.2, 0.25) is 0 Å². The SMILES string of the molecule is CCCCCCCCCCCCCCCCCCCCCCCCCCOCC(COP(=O)(O)OCCN)OC(=O)CCCCCCCCCCCCCC. The maximum atomic E-state index is 12.6. The van der Waals surface area contributed by atoms with E-state index in [1.54, 1.807) is 0 Å². The molecule has 9 heteroatoms. The highest BCUT2D eigenvalue weighted by Crippen LogP contribution is 2.43. The first-order chi connectivity index (χ1) is 26.9. The van der Waals surface area contributed by atoms with Crippen molar-refractivity contribution in [2.75, 3.05) is 33.0 Å². The molecular formula is C46H94NO7P. The van der Waals surface area contributed by atoms with Crippen LogP contribution in [0.1, 0.15) is 251 Å². The fraction of sp³-hybridized carbons (Fsp3) is 0.978. The maximum absolute atomic E-state index is 12.6. The Kier molecular flexibility index (Phi) is 44.2. The summed E-state index contributed by atoms with van der Waals surface area (Å²) in [6.07, 6.45) is 47.1. The lowest BCUT2D eigenvalue weighted by molar-refractivity contribution is -0.154. The predicted molar refractivity (Wildman–Crippen MR) is 234 cm³/mol. The third-order valence-corrected chi connectivity index (χ3v) is 11.8. The molecule has 0 amide bonds. The van der Waals surface area contributed by atoms with E-state index in [-0.39, 0.29) is 32.3 Å². The van der Waals surface area contributed by atoms with Gasteiger partial charge in [-0.2, -0.15) is 0 Å². The number of hydrogen-bond donors (Lipinski definition) is 2. The van der Waals surface area contributed by atoms with Crippen LogP contribution in [0.5, 0.6) is 0 Å². The molecule has 0 spiro atoms. The second-order valence-corrected chi connectivity index (χ2v) is 17.8. The molecule has 0 saturated carbocycles.